The van der Waals surface area contributed by atoms with Gasteiger partial charge in [0.25, 0.3) is 0 Å². The van der Waals surface area contributed by atoms with Gasteiger partial charge in [-0.25, -0.2) is 0 Å². The fourth-order valence-corrected chi connectivity index (χ4v) is 2.13. The van der Waals surface area contributed by atoms with Gasteiger partial charge in [-0.05, 0) is 26.0 Å². The number of guanidine groups is 1. The molecule has 0 amide bonds. The lowest BCUT2D eigenvalue weighted by molar-refractivity contribution is 0.723. The summed E-state index contributed by atoms with van der Waals surface area (Å²) in [6.07, 6.45) is 0. The first-order valence-corrected chi connectivity index (χ1v) is 5.64. The minimum atomic E-state index is 0.155. The second-order valence-electron chi connectivity index (χ2n) is 2.87. The van der Waals surface area contributed by atoms with Crippen molar-refractivity contribution in [2.75, 3.05) is 6.54 Å². The van der Waals surface area contributed by atoms with Gasteiger partial charge in [0.1, 0.15) is 0 Å². The molecule has 0 aromatic carbocycles. The molecule has 0 aliphatic rings. The minimum Gasteiger partial charge on any atom is -0.370 e. The van der Waals surface area contributed by atoms with Gasteiger partial charge in [0.2, 0.25) is 0 Å². The van der Waals surface area contributed by atoms with Crippen LogP contribution in [0, 0.1) is 0 Å². The van der Waals surface area contributed by atoms with Crippen molar-refractivity contribution in [3.8, 4) is 0 Å². The summed E-state index contributed by atoms with van der Waals surface area (Å²) in [7, 11) is 0. The number of thiophene rings is 1. The van der Waals surface area contributed by atoms with E-state index in [9.17, 15) is 0 Å². The monoisotopic (exact) mass is 231 g/mol. The molecule has 3 nitrogen and oxygen atoms in total. The summed E-state index contributed by atoms with van der Waals surface area (Å²) in [5, 5.41) is 3.09. The third-order valence-corrected chi connectivity index (χ3v) is 3.13. The van der Waals surface area contributed by atoms with E-state index in [1.54, 1.807) is 11.3 Å². The molecular weight excluding hydrogens is 218 g/mol. The van der Waals surface area contributed by atoms with Crippen molar-refractivity contribution in [1.82, 2.24) is 5.32 Å². The van der Waals surface area contributed by atoms with Gasteiger partial charge < -0.3 is 11.1 Å². The van der Waals surface area contributed by atoms with Gasteiger partial charge in [-0.15, -0.1) is 11.3 Å². The fourth-order valence-electron chi connectivity index (χ4n) is 1.07. The molecule has 5 heteroatoms. The number of rotatable bonds is 3. The Morgan fingerprint density at radius 1 is 1.71 bits per heavy atom. The van der Waals surface area contributed by atoms with Gasteiger partial charge in [0.05, 0.1) is 10.4 Å². The van der Waals surface area contributed by atoms with Crippen molar-refractivity contribution in [3.63, 3.8) is 0 Å². The van der Waals surface area contributed by atoms with Crippen LogP contribution in [-0.2, 0) is 0 Å². The van der Waals surface area contributed by atoms with Crippen LogP contribution in [-0.4, -0.2) is 12.5 Å². The number of nitrogens with zero attached hydrogens (tertiary/aromatic N) is 1. The molecule has 0 radical (unpaired) electrons. The smallest absolute Gasteiger partial charge is 0.189 e. The number of nitrogens with one attached hydrogen (secondary N) is 1. The van der Waals surface area contributed by atoms with Crippen molar-refractivity contribution in [2.24, 2.45) is 10.7 Å². The van der Waals surface area contributed by atoms with Crippen LogP contribution < -0.4 is 11.1 Å². The van der Waals surface area contributed by atoms with Crippen molar-refractivity contribution in [3.05, 3.63) is 21.3 Å². The number of hydrogen-bond acceptors (Lipinski definition) is 2. The molecule has 1 aromatic heterocycles. The van der Waals surface area contributed by atoms with Crippen molar-refractivity contribution in [1.29, 1.82) is 0 Å². The van der Waals surface area contributed by atoms with Crippen molar-refractivity contribution >= 4 is 28.9 Å². The Bertz CT molecular complexity index is 322. The third-order valence-electron chi connectivity index (χ3n) is 1.71. The molecule has 0 aliphatic heterocycles. The van der Waals surface area contributed by atoms with E-state index in [1.165, 1.54) is 0 Å². The van der Waals surface area contributed by atoms with E-state index in [1.807, 2.05) is 26.0 Å². The maximum Gasteiger partial charge on any atom is 0.189 e. The maximum absolute atomic E-state index is 5.83. The average Bonchev–Trinajstić information content (AvgIpc) is 2.52. The summed E-state index contributed by atoms with van der Waals surface area (Å²) in [4.78, 5) is 5.21. The van der Waals surface area contributed by atoms with Crippen molar-refractivity contribution in [2.45, 2.75) is 19.9 Å². The van der Waals surface area contributed by atoms with Gasteiger partial charge in [-0.2, -0.15) is 0 Å². The predicted octanol–water partition coefficient (Wildman–Crippen LogP) is 2.39. The van der Waals surface area contributed by atoms with Gasteiger partial charge in [-0.1, -0.05) is 11.6 Å². The molecular formula is C9H14ClN3S. The normalized spacial score (nSPS) is 14.1. The van der Waals surface area contributed by atoms with Crippen LogP contribution in [0.1, 0.15) is 24.8 Å². The van der Waals surface area contributed by atoms with E-state index in [4.69, 9.17) is 17.3 Å². The van der Waals surface area contributed by atoms with Crippen LogP contribution in [0.5, 0.6) is 0 Å². The SMILES string of the molecule is CCN=C(N)NC(C)c1ccc(Cl)s1. The number of aliphatic imine (C=N–C) groups is 1. The van der Waals surface area contributed by atoms with E-state index in [-0.39, 0.29) is 6.04 Å². The Morgan fingerprint density at radius 2 is 2.43 bits per heavy atom. The third kappa shape index (κ3) is 3.20. The molecule has 1 atom stereocenters. The lowest BCUT2D eigenvalue weighted by Gasteiger charge is -2.12. The Morgan fingerprint density at radius 3 is 2.93 bits per heavy atom. The minimum absolute atomic E-state index is 0.155. The van der Waals surface area contributed by atoms with E-state index in [2.05, 4.69) is 10.3 Å². The summed E-state index contributed by atoms with van der Waals surface area (Å²) in [6, 6.07) is 4.03. The number of hydrogen-bond donors (Lipinski definition) is 2. The lowest BCUT2D eigenvalue weighted by Crippen LogP contribution is -2.33. The van der Waals surface area contributed by atoms with E-state index in [0.29, 0.717) is 12.5 Å². The zero-order valence-corrected chi connectivity index (χ0v) is 9.82. The van der Waals surface area contributed by atoms with Gasteiger partial charge >= 0.3 is 0 Å². The highest BCUT2D eigenvalue weighted by Crippen LogP contribution is 2.26. The van der Waals surface area contributed by atoms with Crippen LogP contribution in [0.15, 0.2) is 17.1 Å². The largest absolute Gasteiger partial charge is 0.370 e. The van der Waals surface area contributed by atoms with Gasteiger partial charge in [0.15, 0.2) is 5.96 Å². The second kappa shape index (κ2) is 5.22. The van der Waals surface area contributed by atoms with Crippen LogP contribution in [0.3, 0.4) is 0 Å². The van der Waals surface area contributed by atoms with Gasteiger partial charge in [0, 0.05) is 11.4 Å². The molecule has 1 heterocycles. The molecule has 78 valence electrons. The topological polar surface area (TPSA) is 50.4 Å². The molecule has 0 fully saturated rings. The summed E-state index contributed by atoms with van der Waals surface area (Å²) < 4.78 is 0.791. The van der Waals surface area contributed by atoms with Crippen LogP contribution in [0.25, 0.3) is 0 Å². The fraction of sp³-hybridized carbons (Fsp3) is 0.444. The summed E-state index contributed by atoms with van der Waals surface area (Å²) in [6.45, 7) is 4.66. The van der Waals surface area contributed by atoms with Crippen LogP contribution >= 0.6 is 22.9 Å². The molecule has 14 heavy (non-hydrogen) atoms. The molecule has 0 spiro atoms. The van der Waals surface area contributed by atoms with Gasteiger partial charge in [-0.3, -0.25) is 4.99 Å². The number of halogens is 1. The lowest BCUT2D eigenvalue weighted by atomic mass is 10.3. The zero-order chi connectivity index (χ0) is 10.6. The highest BCUT2D eigenvalue weighted by atomic mass is 35.5. The Kier molecular flexibility index (Phi) is 4.22. The highest BCUT2D eigenvalue weighted by Gasteiger charge is 2.07. The first-order valence-electron chi connectivity index (χ1n) is 4.45. The second-order valence-corrected chi connectivity index (χ2v) is 4.61. The average molecular weight is 232 g/mol. The highest BCUT2D eigenvalue weighted by molar-refractivity contribution is 7.16. The maximum atomic E-state index is 5.83. The molecule has 3 N–H and O–H groups in total. The molecule has 1 aromatic rings. The standard InChI is InChI=1S/C9H14ClN3S/c1-3-12-9(11)13-6(2)7-4-5-8(10)14-7/h4-6H,3H2,1-2H3,(H3,11,12,13). The molecule has 0 aliphatic carbocycles. The van der Waals surface area contributed by atoms with Crippen LogP contribution in [0.2, 0.25) is 4.34 Å². The summed E-state index contributed by atoms with van der Waals surface area (Å²) >= 11 is 7.38. The Labute approximate surface area is 93.0 Å². The van der Waals surface area contributed by atoms with E-state index < -0.39 is 0 Å². The first kappa shape index (κ1) is 11.3. The van der Waals surface area contributed by atoms with Crippen molar-refractivity contribution < 1.29 is 0 Å². The molecule has 1 rings (SSSR count). The first-order chi connectivity index (χ1) is 6.63. The number of nitrogens with two attached hydrogens (primary N) is 1. The Balaban J connectivity index is 2.58. The zero-order valence-electron chi connectivity index (χ0n) is 8.25. The predicted molar refractivity (Wildman–Crippen MR) is 63.0 cm³/mol. The molecule has 1 unspecified atom stereocenters. The Hall–Kier alpha value is -0.740. The summed E-state index contributed by atoms with van der Waals surface area (Å²) in [5.74, 6) is 0.476. The molecule has 0 bridgehead atoms. The van der Waals surface area contributed by atoms with E-state index >= 15 is 0 Å². The molecule has 0 saturated carbocycles. The quantitative estimate of drug-likeness (QED) is 0.620. The molecule has 0 saturated heterocycles. The summed E-state index contributed by atoms with van der Waals surface area (Å²) in [5.41, 5.74) is 5.64. The van der Waals surface area contributed by atoms with E-state index in [0.717, 1.165) is 9.21 Å². The van der Waals surface area contributed by atoms with Crippen LogP contribution in [0.4, 0.5) is 0 Å².